The van der Waals surface area contributed by atoms with Crippen LogP contribution in [0, 0.1) is 0 Å². The quantitative estimate of drug-likeness (QED) is 0.143. The van der Waals surface area contributed by atoms with Crippen LogP contribution in [0.5, 0.6) is 5.75 Å². The van der Waals surface area contributed by atoms with Crippen molar-refractivity contribution in [2.24, 2.45) is 0 Å². The van der Waals surface area contributed by atoms with E-state index < -0.39 is 24.3 Å². The minimum absolute atomic E-state index is 0.146. The minimum Gasteiger partial charge on any atom is -0.489 e. The molecule has 0 radical (unpaired) electrons. The highest BCUT2D eigenvalue weighted by atomic mass is 16.5. The molecule has 1 saturated heterocycles. The number of nitrogens with one attached hydrogen (secondary N) is 2. The van der Waals surface area contributed by atoms with Crippen LogP contribution in [-0.4, -0.2) is 110 Å². The van der Waals surface area contributed by atoms with Crippen LogP contribution in [0.3, 0.4) is 0 Å². The number of nitrogens with zero attached hydrogens (tertiary/aromatic N) is 6. The summed E-state index contributed by atoms with van der Waals surface area (Å²) in [7, 11) is 4.13. The molecule has 48 heavy (non-hydrogen) atoms. The summed E-state index contributed by atoms with van der Waals surface area (Å²) in [5.74, 6) is 1.58. The predicted molar refractivity (Wildman–Crippen MR) is 183 cm³/mol. The molecule has 6 atom stereocenters. The molecule has 6 rings (SSSR count). The van der Waals surface area contributed by atoms with Gasteiger partial charge in [-0.05, 0) is 56.6 Å². The van der Waals surface area contributed by atoms with E-state index in [0.717, 1.165) is 36.4 Å². The third-order valence-electron chi connectivity index (χ3n) is 9.48. The lowest BCUT2D eigenvalue weighted by molar-refractivity contribution is -0.122. The topological polar surface area (TPSA) is 161 Å². The monoisotopic (exact) mass is 658 g/mol. The van der Waals surface area contributed by atoms with Gasteiger partial charge < -0.3 is 45.1 Å². The molecule has 0 unspecified atom stereocenters. The van der Waals surface area contributed by atoms with Crippen molar-refractivity contribution in [1.82, 2.24) is 29.7 Å². The van der Waals surface area contributed by atoms with E-state index in [4.69, 9.17) is 14.7 Å². The van der Waals surface area contributed by atoms with Crippen LogP contribution in [0.4, 0.5) is 11.8 Å². The van der Waals surface area contributed by atoms with E-state index in [1.54, 1.807) is 17.8 Å². The fourth-order valence-corrected chi connectivity index (χ4v) is 6.57. The molecule has 1 saturated carbocycles. The number of carbonyl (C=O) groups is 1. The first-order valence-corrected chi connectivity index (χ1v) is 16.7. The Morgan fingerprint density at radius 3 is 2.52 bits per heavy atom. The van der Waals surface area contributed by atoms with E-state index in [2.05, 4.69) is 39.5 Å². The number of fused-ring (bicyclic) bond motifs is 1. The van der Waals surface area contributed by atoms with Crippen LogP contribution in [-0.2, 0) is 17.8 Å². The van der Waals surface area contributed by atoms with Crippen LogP contribution in [0.15, 0.2) is 60.9 Å². The maximum atomic E-state index is 12.1. The van der Waals surface area contributed by atoms with Gasteiger partial charge in [-0.15, -0.1) is 0 Å². The number of imidazole rings is 1. The first kappa shape index (κ1) is 33.6. The predicted octanol–water partition coefficient (Wildman–Crippen LogP) is 2.12. The summed E-state index contributed by atoms with van der Waals surface area (Å²) in [4.78, 5) is 31.0. The number of rotatable bonds is 13. The highest BCUT2D eigenvalue weighted by Gasteiger charge is 2.44. The van der Waals surface area contributed by atoms with E-state index in [1.165, 1.54) is 0 Å². The Kier molecular flexibility index (Phi) is 10.4. The van der Waals surface area contributed by atoms with Crippen molar-refractivity contribution in [2.45, 2.75) is 75.6 Å². The molecule has 13 nitrogen and oxygen atoms in total. The van der Waals surface area contributed by atoms with Gasteiger partial charge in [0.05, 0.1) is 31.1 Å². The Balaban J connectivity index is 1.24. The normalized spacial score (nSPS) is 23.1. The molecular weight excluding hydrogens is 612 g/mol. The van der Waals surface area contributed by atoms with Crippen molar-refractivity contribution >= 4 is 28.8 Å². The van der Waals surface area contributed by atoms with Crippen molar-refractivity contribution in [1.29, 1.82) is 0 Å². The lowest BCUT2D eigenvalue weighted by atomic mass is 10.1. The SMILES string of the molecule is CCC(=O)N[C@H]1C[C@@H](n2cnc3c(N[C@H](CO)Cc4ccc(OCc5ccccc5)cc4)nc(N4CC[C@@H](N(C)C)C4)nc32)[C@H](O)[C@@H]1O. The third-order valence-corrected chi connectivity index (χ3v) is 9.48. The minimum atomic E-state index is -1.13. The maximum Gasteiger partial charge on any atom is 0.229 e. The Morgan fingerprint density at radius 1 is 1.06 bits per heavy atom. The molecule has 2 aliphatic rings. The van der Waals surface area contributed by atoms with Crippen molar-refractivity contribution in [3.05, 3.63) is 72.1 Å². The average molecular weight is 659 g/mol. The molecule has 1 amide bonds. The van der Waals surface area contributed by atoms with Crippen LogP contribution in [0.2, 0.25) is 0 Å². The van der Waals surface area contributed by atoms with Crippen LogP contribution in [0.25, 0.3) is 11.2 Å². The molecule has 2 aromatic carbocycles. The molecule has 2 fully saturated rings. The van der Waals surface area contributed by atoms with Crippen molar-refractivity contribution < 1.29 is 24.9 Å². The number of aromatic nitrogens is 4. The first-order chi connectivity index (χ1) is 23.2. The van der Waals surface area contributed by atoms with Crippen LogP contribution < -0.4 is 20.3 Å². The number of anilines is 2. The summed E-state index contributed by atoms with van der Waals surface area (Å²) in [5, 5.41) is 38.6. The van der Waals surface area contributed by atoms with Gasteiger partial charge in [0.1, 0.15) is 24.6 Å². The van der Waals surface area contributed by atoms with Crippen molar-refractivity contribution in [3.63, 3.8) is 0 Å². The lowest BCUT2D eigenvalue weighted by Gasteiger charge is -2.23. The molecule has 1 aliphatic heterocycles. The Hall–Kier alpha value is -4.30. The van der Waals surface area contributed by atoms with E-state index in [9.17, 15) is 20.1 Å². The second kappa shape index (κ2) is 14.9. The number of aliphatic hydroxyl groups is 3. The smallest absolute Gasteiger partial charge is 0.229 e. The Bertz CT molecular complexity index is 1670. The maximum absolute atomic E-state index is 12.1. The van der Waals surface area contributed by atoms with Crippen LogP contribution >= 0.6 is 0 Å². The van der Waals surface area contributed by atoms with E-state index >= 15 is 0 Å². The van der Waals surface area contributed by atoms with Gasteiger partial charge in [-0.25, -0.2) is 4.98 Å². The van der Waals surface area contributed by atoms with Gasteiger partial charge >= 0.3 is 0 Å². The van der Waals surface area contributed by atoms with Gasteiger partial charge in [0, 0.05) is 25.6 Å². The molecule has 0 spiro atoms. The Labute approximate surface area is 280 Å². The molecule has 4 aromatic rings. The number of hydrogen-bond donors (Lipinski definition) is 5. The fraction of sp³-hybridized carbons (Fsp3) is 0.486. The van der Waals surface area contributed by atoms with Gasteiger partial charge in [0.2, 0.25) is 11.9 Å². The summed E-state index contributed by atoms with van der Waals surface area (Å²) in [6, 6.07) is 16.7. The molecule has 13 heteroatoms. The summed E-state index contributed by atoms with van der Waals surface area (Å²) < 4.78 is 7.72. The summed E-state index contributed by atoms with van der Waals surface area (Å²) >= 11 is 0. The van der Waals surface area contributed by atoms with Gasteiger partial charge in [0.25, 0.3) is 0 Å². The second-order valence-corrected chi connectivity index (χ2v) is 13.0. The molecular formula is C35H46N8O5. The fourth-order valence-electron chi connectivity index (χ4n) is 6.57. The number of benzene rings is 2. The third kappa shape index (κ3) is 7.39. The summed E-state index contributed by atoms with van der Waals surface area (Å²) in [5.41, 5.74) is 3.11. The molecule has 1 aliphatic carbocycles. The average Bonchev–Trinajstić information content (AvgIpc) is 3.83. The van der Waals surface area contributed by atoms with Crippen molar-refractivity contribution in [3.8, 4) is 5.75 Å². The zero-order valence-electron chi connectivity index (χ0n) is 27.7. The van der Waals surface area contributed by atoms with Gasteiger partial charge in [-0.2, -0.15) is 9.97 Å². The highest BCUT2D eigenvalue weighted by Crippen LogP contribution is 2.35. The number of hydrogen-bond acceptors (Lipinski definition) is 11. The summed E-state index contributed by atoms with van der Waals surface area (Å²) in [6.45, 7) is 3.62. The standard InChI is InChI=1S/C35H46N8O5/c1-4-29(45)38-27-17-28(32(47)31(27)46)43-21-36-30-33(39-35(40-34(30)43)42-15-14-25(18-42)41(2)3)37-24(19-44)16-22-10-12-26(13-11-22)48-20-23-8-6-5-7-9-23/h5-13,21,24-25,27-28,31-32,44,46-47H,4,14-20H2,1-3H3,(H,38,45)(H,37,39,40)/t24-,25+,27-,28+,31+,32-/m0/s1. The lowest BCUT2D eigenvalue weighted by Crippen LogP contribution is -2.42. The highest BCUT2D eigenvalue weighted by molar-refractivity contribution is 5.85. The molecule has 5 N–H and O–H groups in total. The van der Waals surface area contributed by atoms with Gasteiger partial charge in [-0.1, -0.05) is 49.4 Å². The zero-order chi connectivity index (χ0) is 33.8. The number of likely N-dealkylation sites (N-methyl/N-ethyl adjacent to an activating group) is 1. The van der Waals surface area contributed by atoms with Gasteiger partial charge in [0.15, 0.2) is 17.0 Å². The van der Waals surface area contributed by atoms with E-state index in [-0.39, 0.29) is 25.0 Å². The number of carbonyl (C=O) groups excluding carboxylic acids is 1. The number of aliphatic hydroxyl groups excluding tert-OH is 3. The Morgan fingerprint density at radius 2 is 1.83 bits per heavy atom. The van der Waals surface area contributed by atoms with E-state index in [1.807, 2.05) is 54.6 Å². The molecule has 256 valence electrons. The largest absolute Gasteiger partial charge is 0.489 e. The van der Waals surface area contributed by atoms with Crippen LogP contribution in [0.1, 0.15) is 43.4 Å². The molecule has 3 heterocycles. The number of amides is 1. The first-order valence-electron chi connectivity index (χ1n) is 16.7. The van der Waals surface area contributed by atoms with E-state index in [0.29, 0.717) is 48.4 Å². The zero-order valence-corrected chi connectivity index (χ0v) is 27.7. The molecule has 2 aromatic heterocycles. The summed E-state index contributed by atoms with van der Waals surface area (Å²) in [6.07, 6.45) is 1.43. The number of ether oxygens (including phenoxy) is 1. The molecule has 0 bridgehead atoms. The second-order valence-electron chi connectivity index (χ2n) is 13.0. The van der Waals surface area contributed by atoms with Gasteiger partial charge in [-0.3, -0.25) is 4.79 Å². The van der Waals surface area contributed by atoms with Crippen molar-refractivity contribution in [2.75, 3.05) is 44.0 Å².